The van der Waals surface area contributed by atoms with E-state index in [4.69, 9.17) is 0 Å². The van der Waals surface area contributed by atoms with Crippen molar-refractivity contribution in [2.24, 2.45) is 0 Å². The Bertz CT molecular complexity index is 667. The lowest BCUT2D eigenvalue weighted by molar-refractivity contribution is -0.120. The summed E-state index contributed by atoms with van der Waals surface area (Å²) in [4.78, 5) is 23.4. The molecule has 2 rings (SSSR count). The van der Waals surface area contributed by atoms with Crippen LogP contribution in [0, 0.1) is 0 Å². The van der Waals surface area contributed by atoms with Crippen LogP contribution in [-0.2, 0) is 9.59 Å². The molecule has 4 nitrogen and oxygen atoms in total. The number of rotatable bonds is 6. The molecule has 2 aromatic carbocycles. The Morgan fingerprint density at radius 1 is 1.14 bits per heavy atom. The number of nitrogens with one attached hydrogen (secondary N) is 2. The molecular weight excluding hydrogens is 344 g/mol. The largest absolute Gasteiger partial charge is 0.355 e. The van der Waals surface area contributed by atoms with Gasteiger partial charge in [0.25, 0.3) is 0 Å². The standard InChI is InChI=1S/C17H19BrN2O2/c1-2-14(18)17(22)19-11-10-16(21)20-15-9-5-7-12-6-3-4-8-13(12)15/h3-9,14H,2,10-11H2,1H3,(H,19,22)(H,20,21)/t14-/m1/s1. The average molecular weight is 363 g/mol. The van der Waals surface area contributed by atoms with Crippen LogP contribution in [0.2, 0.25) is 0 Å². The van der Waals surface area contributed by atoms with Crippen molar-refractivity contribution in [3.05, 3.63) is 42.5 Å². The number of carbonyl (C=O) groups excluding carboxylic acids is 2. The van der Waals surface area contributed by atoms with Gasteiger partial charge in [-0.25, -0.2) is 0 Å². The van der Waals surface area contributed by atoms with Crippen LogP contribution in [0.5, 0.6) is 0 Å². The highest BCUT2D eigenvalue weighted by Crippen LogP contribution is 2.22. The second-order valence-corrected chi connectivity index (χ2v) is 6.10. The van der Waals surface area contributed by atoms with Crippen LogP contribution in [0.3, 0.4) is 0 Å². The average Bonchev–Trinajstić information content (AvgIpc) is 2.54. The molecule has 0 saturated heterocycles. The fourth-order valence-electron chi connectivity index (χ4n) is 2.14. The summed E-state index contributed by atoms with van der Waals surface area (Å²) in [5.74, 6) is -0.195. The number of amides is 2. The van der Waals surface area contributed by atoms with E-state index >= 15 is 0 Å². The van der Waals surface area contributed by atoms with Crippen molar-refractivity contribution >= 4 is 44.2 Å². The number of anilines is 1. The van der Waals surface area contributed by atoms with Gasteiger partial charge in [0.2, 0.25) is 11.8 Å². The summed E-state index contributed by atoms with van der Waals surface area (Å²) in [6.45, 7) is 2.25. The van der Waals surface area contributed by atoms with Crippen molar-refractivity contribution in [2.75, 3.05) is 11.9 Å². The van der Waals surface area contributed by atoms with Crippen LogP contribution in [0.15, 0.2) is 42.5 Å². The number of benzene rings is 2. The number of fused-ring (bicyclic) bond motifs is 1. The molecule has 5 heteroatoms. The third-order valence-electron chi connectivity index (χ3n) is 3.36. The third-order valence-corrected chi connectivity index (χ3v) is 4.42. The Kier molecular flexibility index (Phi) is 5.95. The highest BCUT2D eigenvalue weighted by Gasteiger charge is 2.12. The van der Waals surface area contributed by atoms with Gasteiger partial charge in [-0.2, -0.15) is 0 Å². The molecule has 2 aromatic rings. The Morgan fingerprint density at radius 3 is 2.64 bits per heavy atom. The van der Waals surface area contributed by atoms with Gasteiger partial charge in [0.15, 0.2) is 0 Å². The Labute approximate surface area is 138 Å². The van der Waals surface area contributed by atoms with Gasteiger partial charge in [-0.1, -0.05) is 59.3 Å². The first-order chi connectivity index (χ1) is 10.6. The molecule has 0 fully saturated rings. The lowest BCUT2D eigenvalue weighted by Gasteiger charge is -2.10. The predicted octanol–water partition coefficient (Wildman–Crippen LogP) is 3.46. The van der Waals surface area contributed by atoms with E-state index in [1.807, 2.05) is 49.4 Å². The van der Waals surface area contributed by atoms with Crippen molar-refractivity contribution in [2.45, 2.75) is 24.6 Å². The minimum atomic E-state index is -0.200. The van der Waals surface area contributed by atoms with Gasteiger partial charge in [-0.15, -0.1) is 0 Å². The normalized spacial score (nSPS) is 11.9. The van der Waals surface area contributed by atoms with Gasteiger partial charge in [-0.05, 0) is 17.9 Å². The second-order valence-electron chi connectivity index (χ2n) is 4.99. The SMILES string of the molecule is CC[C@@H](Br)C(=O)NCCC(=O)Nc1cccc2ccccc12. The molecule has 116 valence electrons. The molecule has 2 N–H and O–H groups in total. The summed E-state index contributed by atoms with van der Waals surface area (Å²) in [7, 11) is 0. The van der Waals surface area contributed by atoms with Gasteiger partial charge in [0.1, 0.15) is 0 Å². The zero-order valence-corrected chi connectivity index (χ0v) is 14.0. The van der Waals surface area contributed by atoms with E-state index in [2.05, 4.69) is 26.6 Å². The maximum absolute atomic E-state index is 12.0. The first-order valence-corrected chi connectivity index (χ1v) is 8.22. The maximum atomic E-state index is 12.0. The van der Waals surface area contributed by atoms with Gasteiger partial charge < -0.3 is 10.6 Å². The molecule has 0 aliphatic carbocycles. The summed E-state index contributed by atoms with van der Waals surface area (Å²) in [5.41, 5.74) is 0.793. The van der Waals surface area contributed by atoms with Crippen molar-refractivity contribution < 1.29 is 9.59 Å². The summed E-state index contributed by atoms with van der Waals surface area (Å²) < 4.78 is 0. The summed E-state index contributed by atoms with van der Waals surface area (Å²) >= 11 is 3.28. The summed E-state index contributed by atoms with van der Waals surface area (Å²) in [5, 5.41) is 7.73. The lowest BCUT2D eigenvalue weighted by Crippen LogP contribution is -2.33. The number of hydrogen-bond acceptors (Lipinski definition) is 2. The van der Waals surface area contributed by atoms with Crippen molar-refractivity contribution in [1.82, 2.24) is 5.32 Å². The van der Waals surface area contributed by atoms with Crippen LogP contribution in [0.1, 0.15) is 19.8 Å². The topological polar surface area (TPSA) is 58.2 Å². The van der Waals surface area contributed by atoms with Gasteiger partial charge in [-0.3, -0.25) is 9.59 Å². The highest BCUT2D eigenvalue weighted by atomic mass is 79.9. The zero-order chi connectivity index (χ0) is 15.9. The van der Waals surface area contributed by atoms with Crippen LogP contribution < -0.4 is 10.6 Å². The van der Waals surface area contributed by atoms with Crippen molar-refractivity contribution in [3.63, 3.8) is 0 Å². The number of hydrogen-bond donors (Lipinski definition) is 2. The van der Waals surface area contributed by atoms with E-state index in [0.717, 1.165) is 16.5 Å². The van der Waals surface area contributed by atoms with E-state index in [1.165, 1.54) is 0 Å². The van der Waals surface area contributed by atoms with E-state index in [9.17, 15) is 9.59 Å². The third kappa shape index (κ3) is 4.31. The summed E-state index contributed by atoms with van der Waals surface area (Å²) in [6.07, 6.45) is 0.965. The Hall–Kier alpha value is -1.88. The first kappa shape index (κ1) is 16.5. The summed E-state index contributed by atoms with van der Waals surface area (Å²) in [6, 6.07) is 13.7. The highest BCUT2D eigenvalue weighted by molar-refractivity contribution is 9.10. The van der Waals surface area contributed by atoms with Crippen LogP contribution >= 0.6 is 15.9 Å². The van der Waals surface area contributed by atoms with Crippen LogP contribution in [-0.4, -0.2) is 23.2 Å². The molecule has 0 aliphatic rings. The van der Waals surface area contributed by atoms with E-state index < -0.39 is 0 Å². The Balaban J connectivity index is 1.90. The van der Waals surface area contributed by atoms with Crippen molar-refractivity contribution in [3.8, 4) is 0 Å². The molecule has 22 heavy (non-hydrogen) atoms. The molecule has 0 radical (unpaired) electrons. The molecule has 0 aromatic heterocycles. The minimum absolute atomic E-state index is 0.0829. The molecule has 1 atom stereocenters. The minimum Gasteiger partial charge on any atom is -0.355 e. The molecule has 0 aliphatic heterocycles. The number of carbonyl (C=O) groups is 2. The van der Waals surface area contributed by atoms with Gasteiger partial charge in [0.05, 0.1) is 4.83 Å². The van der Waals surface area contributed by atoms with Crippen molar-refractivity contribution in [1.29, 1.82) is 0 Å². The molecule has 0 saturated carbocycles. The van der Waals surface area contributed by atoms with Crippen LogP contribution in [0.25, 0.3) is 10.8 Å². The molecular formula is C17H19BrN2O2. The smallest absolute Gasteiger partial charge is 0.233 e. The quantitative estimate of drug-likeness (QED) is 0.773. The predicted molar refractivity (Wildman–Crippen MR) is 93.2 cm³/mol. The number of alkyl halides is 1. The molecule has 0 heterocycles. The first-order valence-electron chi connectivity index (χ1n) is 7.31. The van der Waals surface area contributed by atoms with E-state index in [1.54, 1.807) is 0 Å². The molecule has 0 spiro atoms. The Morgan fingerprint density at radius 2 is 1.86 bits per heavy atom. The maximum Gasteiger partial charge on any atom is 0.233 e. The van der Waals surface area contributed by atoms with E-state index in [0.29, 0.717) is 13.0 Å². The zero-order valence-electron chi connectivity index (χ0n) is 12.4. The number of halogens is 1. The molecule has 2 amide bonds. The second kappa shape index (κ2) is 7.94. The van der Waals surface area contributed by atoms with Crippen LogP contribution in [0.4, 0.5) is 5.69 Å². The molecule has 0 unspecified atom stereocenters. The molecule has 0 bridgehead atoms. The fraction of sp³-hybridized carbons (Fsp3) is 0.294. The van der Waals surface area contributed by atoms with Gasteiger partial charge in [0, 0.05) is 24.0 Å². The van der Waals surface area contributed by atoms with E-state index in [-0.39, 0.29) is 23.1 Å². The lowest BCUT2D eigenvalue weighted by atomic mass is 10.1. The fourth-order valence-corrected chi connectivity index (χ4v) is 2.30. The van der Waals surface area contributed by atoms with Gasteiger partial charge >= 0.3 is 0 Å². The monoisotopic (exact) mass is 362 g/mol.